The summed E-state index contributed by atoms with van der Waals surface area (Å²) in [6.45, 7) is 13.6. The molecular formula is C27H40N2O5. The molecule has 0 saturated heterocycles. The first-order chi connectivity index (χ1) is 16.1. The van der Waals surface area contributed by atoms with Gasteiger partial charge in [0.25, 0.3) is 0 Å². The highest BCUT2D eigenvalue weighted by Crippen LogP contribution is 2.22. The Morgan fingerprint density at radius 1 is 1.15 bits per heavy atom. The van der Waals surface area contributed by atoms with E-state index in [0.717, 1.165) is 5.56 Å². The van der Waals surface area contributed by atoms with E-state index in [1.165, 1.54) is 0 Å². The fraction of sp³-hybridized carbons (Fsp3) is 0.519. The van der Waals surface area contributed by atoms with E-state index >= 15 is 0 Å². The van der Waals surface area contributed by atoms with Gasteiger partial charge in [-0.2, -0.15) is 0 Å². The number of aliphatic hydroxyl groups is 1. The smallest absolute Gasteiger partial charge is 0.306 e. The van der Waals surface area contributed by atoms with Crippen LogP contribution in [0.2, 0.25) is 0 Å². The third-order valence-electron chi connectivity index (χ3n) is 5.51. The second-order valence-corrected chi connectivity index (χ2v) is 9.39. The van der Waals surface area contributed by atoms with E-state index < -0.39 is 12.0 Å². The maximum absolute atomic E-state index is 13.1. The second kappa shape index (κ2) is 15.1. The van der Waals surface area contributed by atoms with Crippen molar-refractivity contribution >= 4 is 17.8 Å². The standard InChI is InChI=1S/C27H40N2O5/c1-6-8-15-25(32)34-20-23(27(3,4)5)28-26(33)22(12-7-2)18-24(31)29(16-17-30)19-21-13-10-9-11-14-21/h6-7,9-11,13-14,22-23,30H,1-2,8,12,15-20H2,3-5H3,(H,28,33)/t22-,23-/m1/s1. The molecular weight excluding hydrogens is 432 g/mol. The highest BCUT2D eigenvalue weighted by Gasteiger charge is 2.31. The lowest BCUT2D eigenvalue weighted by Crippen LogP contribution is -2.49. The number of allylic oxidation sites excluding steroid dienone is 2. The molecule has 0 radical (unpaired) electrons. The third kappa shape index (κ3) is 10.8. The summed E-state index contributed by atoms with van der Waals surface area (Å²) in [6, 6.07) is 9.08. The SMILES string of the molecule is C=CCCC(=O)OC[C@@H](NC(=O)[C@H](CC=C)CC(=O)N(CCO)Cc1ccccc1)C(C)(C)C. The number of hydrogen-bond donors (Lipinski definition) is 2. The molecule has 0 unspecified atom stereocenters. The molecule has 0 aliphatic heterocycles. The lowest BCUT2D eigenvalue weighted by atomic mass is 9.86. The number of hydrogen-bond acceptors (Lipinski definition) is 5. The molecule has 0 aliphatic rings. The van der Waals surface area contributed by atoms with Crippen molar-refractivity contribution in [3.8, 4) is 0 Å². The van der Waals surface area contributed by atoms with Crippen LogP contribution in [0, 0.1) is 11.3 Å². The Morgan fingerprint density at radius 2 is 1.82 bits per heavy atom. The normalized spacial score (nSPS) is 12.8. The highest BCUT2D eigenvalue weighted by atomic mass is 16.5. The molecule has 7 heteroatoms. The van der Waals surface area contributed by atoms with E-state index in [-0.39, 0.29) is 55.8 Å². The maximum atomic E-state index is 13.1. The molecule has 7 nitrogen and oxygen atoms in total. The van der Waals surface area contributed by atoms with Crippen molar-refractivity contribution in [3.63, 3.8) is 0 Å². The van der Waals surface area contributed by atoms with Gasteiger partial charge >= 0.3 is 5.97 Å². The molecule has 0 bridgehead atoms. The Bertz CT molecular complexity index is 801. The van der Waals surface area contributed by atoms with Gasteiger partial charge in [-0.15, -0.1) is 13.2 Å². The van der Waals surface area contributed by atoms with E-state index in [1.807, 2.05) is 51.1 Å². The topological polar surface area (TPSA) is 95.9 Å². The fourth-order valence-electron chi connectivity index (χ4n) is 3.31. The van der Waals surface area contributed by atoms with Crippen LogP contribution in [0.3, 0.4) is 0 Å². The number of rotatable bonds is 15. The van der Waals surface area contributed by atoms with E-state index in [2.05, 4.69) is 18.5 Å². The summed E-state index contributed by atoms with van der Waals surface area (Å²) in [5.74, 6) is -1.48. The van der Waals surface area contributed by atoms with Crippen LogP contribution < -0.4 is 5.32 Å². The molecule has 0 heterocycles. The zero-order valence-corrected chi connectivity index (χ0v) is 20.8. The minimum absolute atomic E-state index is 0.0132. The van der Waals surface area contributed by atoms with Crippen LogP contribution in [-0.4, -0.2) is 53.6 Å². The monoisotopic (exact) mass is 472 g/mol. The van der Waals surface area contributed by atoms with Crippen molar-refractivity contribution < 1.29 is 24.2 Å². The van der Waals surface area contributed by atoms with Crippen LogP contribution in [-0.2, 0) is 25.7 Å². The van der Waals surface area contributed by atoms with Crippen LogP contribution in [0.15, 0.2) is 55.6 Å². The summed E-state index contributed by atoms with van der Waals surface area (Å²) in [5.41, 5.74) is 0.577. The Kier molecular flexibility index (Phi) is 12.9. The molecule has 0 spiro atoms. The molecule has 1 aromatic rings. The average Bonchev–Trinajstić information content (AvgIpc) is 2.79. The lowest BCUT2D eigenvalue weighted by molar-refractivity contribution is -0.146. The summed E-state index contributed by atoms with van der Waals surface area (Å²) in [6.07, 6.45) is 4.35. The van der Waals surface area contributed by atoms with Gasteiger partial charge in [-0.1, -0.05) is 63.3 Å². The van der Waals surface area contributed by atoms with Gasteiger partial charge in [0, 0.05) is 25.9 Å². The van der Waals surface area contributed by atoms with Gasteiger partial charge in [0.15, 0.2) is 0 Å². The molecule has 0 saturated carbocycles. The van der Waals surface area contributed by atoms with Gasteiger partial charge in [0.2, 0.25) is 11.8 Å². The van der Waals surface area contributed by atoms with Gasteiger partial charge < -0.3 is 20.1 Å². The van der Waals surface area contributed by atoms with Gasteiger partial charge in [-0.05, 0) is 23.8 Å². The van der Waals surface area contributed by atoms with Gasteiger partial charge in [-0.3, -0.25) is 14.4 Å². The van der Waals surface area contributed by atoms with E-state index in [9.17, 15) is 19.5 Å². The maximum Gasteiger partial charge on any atom is 0.306 e. The largest absolute Gasteiger partial charge is 0.463 e. The highest BCUT2D eigenvalue weighted by molar-refractivity contribution is 5.86. The van der Waals surface area contributed by atoms with Gasteiger partial charge in [0.05, 0.1) is 18.6 Å². The molecule has 0 aromatic heterocycles. The number of aliphatic hydroxyl groups excluding tert-OH is 1. The van der Waals surface area contributed by atoms with E-state index in [4.69, 9.17) is 4.74 Å². The second-order valence-electron chi connectivity index (χ2n) is 9.39. The quantitative estimate of drug-likeness (QED) is 0.300. The van der Waals surface area contributed by atoms with Crippen molar-refractivity contribution in [2.24, 2.45) is 11.3 Å². The van der Waals surface area contributed by atoms with Crippen LogP contribution in [0.4, 0.5) is 0 Å². The molecule has 0 aliphatic carbocycles. The Balaban J connectivity index is 2.86. The molecule has 0 fully saturated rings. The van der Waals surface area contributed by atoms with Crippen LogP contribution in [0.25, 0.3) is 0 Å². The molecule has 2 N–H and O–H groups in total. The summed E-state index contributed by atoms with van der Waals surface area (Å²) in [4.78, 5) is 39.7. The van der Waals surface area contributed by atoms with Crippen LogP contribution in [0.1, 0.15) is 52.0 Å². The molecule has 34 heavy (non-hydrogen) atoms. The Hall–Kier alpha value is -2.93. The van der Waals surface area contributed by atoms with E-state index in [1.54, 1.807) is 17.1 Å². The molecule has 2 atom stereocenters. The number of esters is 1. The van der Waals surface area contributed by atoms with Crippen molar-refractivity contribution in [3.05, 3.63) is 61.2 Å². The van der Waals surface area contributed by atoms with Crippen LogP contribution in [0.5, 0.6) is 0 Å². The zero-order valence-electron chi connectivity index (χ0n) is 20.8. The minimum Gasteiger partial charge on any atom is -0.463 e. The lowest BCUT2D eigenvalue weighted by Gasteiger charge is -2.32. The summed E-state index contributed by atoms with van der Waals surface area (Å²) >= 11 is 0. The predicted molar refractivity (Wildman–Crippen MR) is 134 cm³/mol. The number of carbonyl (C=O) groups excluding carboxylic acids is 3. The predicted octanol–water partition coefficient (Wildman–Crippen LogP) is 3.63. The third-order valence-corrected chi connectivity index (χ3v) is 5.51. The summed E-state index contributed by atoms with van der Waals surface area (Å²) in [7, 11) is 0. The number of carbonyl (C=O) groups is 3. The average molecular weight is 473 g/mol. The molecule has 1 aromatic carbocycles. The van der Waals surface area contributed by atoms with Crippen molar-refractivity contribution in [2.45, 2.75) is 59.0 Å². The summed E-state index contributed by atoms with van der Waals surface area (Å²) in [5, 5.41) is 12.4. The number of benzene rings is 1. The van der Waals surface area contributed by atoms with Crippen molar-refractivity contribution in [2.75, 3.05) is 19.8 Å². The molecule has 1 rings (SSSR count). The Labute approximate surface area is 203 Å². The molecule has 2 amide bonds. The summed E-state index contributed by atoms with van der Waals surface area (Å²) < 4.78 is 5.37. The van der Waals surface area contributed by atoms with Crippen molar-refractivity contribution in [1.82, 2.24) is 10.2 Å². The first-order valence-corrected chi connectivity index (χ1v) is 11.7. The first kappa shape index (κ1) is 29.1. The van der Waals surface area contributed by atoms with Gasteiger partial charge in [-0.25, -0.2) is 0 Å². The minimum atomic E-state index is -0.622. The number of nitrogens with zero attached hydrogens (tertiary/aromatic N) is 1. The fourth-order valence-corrected chi connectivity index (χ4v) is 3.31. The van der Waals surface area contributed by atoms with E-state index in [0.29, 0.717) is 19.4 Å². The zero-order chi connectivity index (χ0) is 25.6. The number of nitrogens with one attached hydrogen (secondary N) is 1. The van der Waals surface area contributed by atoms with Crippen molar-refractivity contribution in [1.29, 1.82) is 0 Å². The van der Waals surface area contributed by atoms with Gasteiger partial charge in [0.1, 0.15) is 6.61 Å². The molecule has 188 valence electrons. The first-order valence-electron chi connectivity index (χ1n) is 11.7. The number of ether oxygens (including phenoxy) is 1. The number of amides is 2. The van der Waals surface area contributed by atoms with Crippen LogP contribution >= 0.6 is 0 Å². The Morgan fingerprint density at radius 3 is 2.38 bits per heavy atom.